The second-order valence-electron chi connectivity index (χ2n) is 5.47. The minimum absolute atomic E-state index is 0.226. The number of rotatable bonds is 4. The fourth-order valence-corrected chi connectivity index (χ4v) is 2.37. The van der Waals surface area contributed by atoms with Crippen LogP contribution in [0, 0.1) is 0 Å². The molecule has 0 fully saturated rings. The third kappa shape index (κ3) is 3.43. The number of para-hydroxylation sites is 1. The molecule has 6 nitrogen and oxygen atoms in total. The van der Waals surface area contributed by atoms with E-state index >= 15 is 0 Å². The Morgan fingerprint density at radius 1 is 1.12 bits per heavy atom. The summed E-state index contributed by atoms with van der Waals surface area (Å²) in [7, 11) is 0. The largest absolute Gasteiger partial charge is 0.459 e. The van der Waals surface area contributed by atoms with Crippen molar-refractivity contribution >= 4 is 28.6 Å². The first-order chi connectivity index (χ1) is 11.5. The van der Waals surface area contributed by atoms with Crippen LogP contribution in [0.25, 0.3) is 11.0 Å². The molecule has 6 heteroatoms. The maximum atomic E-state index is 12.4. The van der Waals surface area contributed by atoms with Crippen molar-refractivity contribution < 1.29 is 14.0 Å². The van der Waals surface area contributed by atoms with E-state index in [1.807, 2.05) is 37.3 Å². The fraction of sp³-hybridized carbons (Fsp3) is 0.167. The number of nitrogens with zero attached hydrogens (tertiary/aromatic N) is 1. The van der Waals surface area contributed by atoms with Crippen LogP contribution in [0.5, 0.6) is 0 Å². The Kier molecular flexibility index (Phi) is 4.29. The molecular weight excluding hydrogens is 306 g/mol. The lowest BCUT2D eigenvalue weighted by molar-refractivity contribution is -0.114. The van der Waals surface area contributed by atoms with Gasteiger partial charge in [-0.3, -0.25) is 9.59 Å². The second kappa shape index (κ2) is 6.54. The van der Waals surface area contributed by atoms with E-state index in [1.165, 1.54) is 6.92 Å². The number of anilines is 1. The summed E-state index contributed by atoms with van der Waals surface area (Å²) in [5.41, 5.74) is 1.00. The molecule has 1 aromatic carbocycles. The third-order valence-electron chi connectivity index (χ3n) is 3.50. The Balaban J connectivity index is 1.75. The first kappa shape index (κ1) is 15.7. The smallest absolute Gasteiger partial charge is 0.270 e. The van der Waals surface area contributed by atoms with E-state index in [1.54, 1.807) is 18.2 Å². The number of pyridine rings is 1. The van der Waals surface area contributed by atoms with Crippen LogP contribution in [0.1, 0.15) is 36.1 Å². The Morgan fingerprint density at radius 2 is 1.92 bits per heavy atom. The zero-order chi connectivity index (χ0) is 17.1. The van der Waals surface area contributed by atoms with Crippen LogP contribution in [0.2, 0.25) is 0 Å². The Hall–Kier alpha value is -3.15. The summed E-state index contributed by atoms with van der Waals surface area (Å²) in [6, 6.07) is 14.1. The minimum Gasteiger partial charge on any atom is -0.459 e. The second-order valence-corrected chi connectivity index (χ2v) is 5.47. The maximum absolute atomic E-state index is 12.4. The van der Waals surface area contributed by atoms with Gasteiger partial charge in [-0.25, -0.2) is 4.98 Å². The average molecular weight is 323 g/mol. The first-order valence-electron chi connectivity index (χ1n) is 7.57. The van der Waals surface area contributed by atoms with Crippen molar-refractivity contribution in [2.75, 3.05) is 5.32 Å². The summed E-state index contributed by atoms with van der Waals surface area (Å²) in [5, 5.41) is 6.39. The zero-order valence-electron chi connectivity index (χ0n) is 13.4. The number of hydrogen-bond acceptors (Lipinski definition) is 4. The number of fused-ring (bicyclic) bond motifs is 1. The molecule has 0 spiro atoms. The van der Waals surface area contributed by atoms with E-state index in [-0.39, 0.29) is 23.6 Å². The van der Waals surface area contributed by atoms with E-state index in [9.17, 15) is 9.59 Å². The Bertz CT molecular complexity index is 868. The summed E-state index contributed by atoms with van der Waals surface area (Å²) < 4.78 is 5.75. The number of amides is 2. The predicted molar refractivity (Wildman–Crippen MR) is 90.6 cm³/mol. The van der Waals surface area contributed by atoms with E-state index in [2.05, 4.69) is 15.6 Å². The molecule has 0 saturated heterocycles. The van der Waals surface area contributed by atoms with Crippen molar-refractivity contribution in [3.63, 3.8) is 0 Å². The number of nitrogens with one attached hydrogen (secondary N) is 2. The number of benzene rings is 1. The molecule has 1 unspecified atom stereocenters. The first-order valence-corrected chi connectivity index (χ1v) is 7.57. The van der Waals surface area contributed by atoms with Crippen LogP contribution < -0.4 is 10.6 Å². The highest BCUT2D eigenvalue weighted by atomic mass is 16.3. The van der Waals surface area contributed by atoms with E-state index < -0.39 is 0 Å². The standard InChI is InChI=1S/C18H17N3O3/c1-11(16-10-13-6-3-4-8-15(13)24-16)19-18(23)14-7-5-9-17(21-14)20-12(2)22/h3-11H,1-2H3,(H,19,23)(H,20,21,22). The molecule has 0 aliphatic rings. The third-order valence-corrected chi connectivity index (χ3v) is 3.50. The van der Waals surface area contributed by atoms with Crippen LogP contribution in [0.15, 0.2) is 52.9 Å². The zero-order valence-corrected chi connectivity index (χ0v) is 13.4. The minimum atomic E-state index is -0.338. The van der Waals surface area contributed by atoms with Crippen LogP contribution in [-0.2, 0) is 4.79 Å². The Labute approximate surface area is 138 Å². The van der Waals surface area contributed by atoms with Crippen molar-refractivity contribution in [2.24, 2.45) is 0 Å². The maximum Gasteiger partial charge on any atom is 0.270 e. The molecule has 1 atom stereocenters. The van der Waals surface area contributed by atoms with Crippen molar-refractivity contribution in [3.8, 4) is 0 Å². The molecular formula is C18H17N3O3. The van der Waals surface area contributed by atoms with Gasteiger partial charge in [-0.15, -0.1) is 0 Å². The van der Waals surface area contributed by atoms with Crippen molar-refractivity contribution in [1.82, 2.24) is 10.3 Å². The summed E-state index contributed by atoms with van der Waals surface area (Å²) in [6.07, 6.45) is 0. The highest BCUT2D eigenvalue weighted by Crippen LogP contribution is 2.23. The number of aromatic nitrogens is 1. The predicted octanol–water partition coefficient (Wildman–Crippen LogP) is 3.28. The van der Waals surface area contributed by atoms with Crippen LogP contribution in [0.3, 0.4) is 0 Å². The van der Waals surface area contributed by atoms with Gasteiger partial charge in [0.15, 0.2) is 0 Å². The summed E-state index contributed by atoms with van der Waals surface area (Å²) in [6.45, 7) is 3.23. The highest BCUT2D eigenvalue weighted by Gasteiger charge is 2.16. The monoisotopic (exact) mass is 323 g/mol. The quantitative estimate of drug-likeness (QED) is 0.771. The lowest BCUT2D eigenvalue weighted by atomic mass is 10.2. The van der Waals surface area contributed by atoms with Crippen molar-refractivity contribution in [1.29, 1.82) is 0 Å². The number of hydrogen-bond donors (Lipinski definition) is 2. The van der Waals surface area contributed by atoms with Crippen molar-refractivity contribution in [2.45, 2.75) is 19.9 Å². The van der Waals surface area contributed by atoms with Gasteiger partial charge in [-0.2, -0.15) is 0 Å². The fourth-order valence-electron chi connectivity index (χ4n) is 2.37. The van der Waals surface area contributed by atoms with Gasteiger partial charge < -0.3 is 15.1 Å². The molecule has 0 bridgehead atoms. The van der Waals surface area contributed by atoms with Gasteiger partial charge in [-0.1, -0.05) is 24.3 Å². The average Bonchev–Trinajstić information content (AvgIpc) is 2.98. The molecule has 2 aromatic heterocycles. The lowest BCUT2D eigenvalue weighted by Crippen LogP contribution is -2.27. The molecule has 0 radical (unpaired) electrons. The number of carbonyl (C=O) groups is 2. The number of furan rings is 1. The molecule has 2 amide bonds. The van der Waals surface area contributed by atoms with Gasteiger partial charge in [0.1, 0.15) is 22.9 Å². The molecule has 0 aliphatic carbocycles. The van der Waals surface area contributed by atoms with Crippen molar-refractivity contribution in [3.05, 3.63) is 60.0 Å². The number of carbonyl (C=O) groups excluding carboxylic acids is 2. The SMILES string of the molecule is CC(=O)Nc1cccc(C(=O)NC(C)c2cc3ccccc3o2)n1. The van der Waals surface area contributed by atoms with E-state index in [0.717, 1.165) is 11.0 Å². The van der Waals surface area contributed by atoms with Gasteiger partial charge in [0.2, 0.25) is 5.91 Å². The van der Waals surface area contributed by atoms with Gasteiger partial charge in [0.05, 0.1) is 6.04 Å². The van der Waals surface area contributed by atoms with Crippen LogP contribution in [-0.4, -0.2) is 16.8 Å². The topological polar surface area (TPSA) is 84.2 Å². The van der Waals surface area contributed by atoms with Gasteiger partial charge in [0, 0.05) is 12.3 Å². The van der Waals surface area contributed by atoms with Gasteiger partial charge in [-0.05, 0) is 31.2 Å². The molecule has 2 heterocycles. The Morgan fingerprint density at radius 3 is 2.67 bits per heavy atom. The molecule has 122 valence electrons. The van der Waals surface area contributed by atoms with Crippen LogP contribution >= 0.6 is 0 Å². The summed E-state index contributed by atoms with van der Waals surface area (Å²) in [4.78, 5) is 27.6. The molecule has 2 N–H and O–H groups in total. The van der Waals surface area contributed by atoms with Gasteiger partial charge >= 0.3 is 0 Å². The van der Waals surface area contributed by atoms with E-state index in [0.29, 0.717) is 11.6 Å². The van der Waals surface area contributed by atoms with Gasteiger partial charge in [0.25, 0.3) is 5.91 Å². The van der Waals surface area contributed by atoms with Crippen LogP contribution in [0.4, 0.5) is 5.82 Å². The molecule has 3 rings (SSSR count). The summed E-state index contributed by atoms with van der Waals surface area (Å²) >= 11 is 0. The van der Waals surface area contributed by atoms with E-state index in [4.69, 9.17) is 4.42 Å². The highest BCUT2D eigenvalue weighted by molar-refractivity contribution is 5.94. The molecule has 24 heavy (non-hydrogen) atoms. The molecule has 0 saturated carbocycles. The lowest BCUT2D eigenvalue weighted by Gasteiger charge is -2.11. The molecule has 3 aromatic rings. The summed E-state index contributed by atoms with van der Waals surface area (Å²) in [5.74, 6) is 0.431. The normalized spacial score (nSPS) is 11.9. The molecule has 0 aliphatic heterocycles.